The highest BCUT2D eigenvalue weighted by atomic mass is 35.5. The Hall–Kier alpha value is -1.22. The van der Waals surface area contributed by atoms with Gasteiger partial charge in [-0.2, -0.15) is 0 Å². The van der Waals surface area contributed by atoms with Gasteiger partial charge in [0.1, 0.15) is 0 Å². The maximum Gasteiger partial charge on any atom is 0.224 e. The first-order chi connectivity index (χ1) is 7.67. The lowest BCUT2D eigenvalue weighted by molar-refractivity contribution is -0.117. The summed E-state index contributed by atoms with van der Waals surface area (Å²) in [5.74, 6) is 0.511. The number of halogens is 1. The molecule has 17 heavy (non-hydrogen) atoms. The summed E-state index contributed by atoms with van der Waals surface area (Å²) in [6.45, 7) is 4.22. The summed E-state index contributed by atoms with van der Waals surface area (Å²) in [6.07, 6.45) is 2.64. The minimum absolute atomic E-state index is 0. The fraction of sp³-hybridized carbons (Fsp3) is 0.462. The molecule has 0 aromatic heterocycles. The molecule has 0 aliphatic rings. The zero-order valence-corrected chi connectivity index (χ0v) is 11.2. The first-order valence-corrected chi connectivity index (χ1v) is 5.81. The lowest BCUT2D eigenvalue weighted by atomic mass is 9.99. The van der Waals surface area contributed by atoms with E-state index >= 15 is 0 Å². The van der Waals surface area contributed by atoms with E-state index in [2.05, 4.69) is 19.2 Å². The van der Waals surface area contributed by atoms with Crippen molar-refractivity contribution >= 4 is 29.7 Å². The Labute approximate surface area is 109 Å². The number of nitrogens with two attached hydrogens (primary N) is 1. The Morgan fingerprint density at radius 3 is 2.41 bits per heavy atom. The molecule has 0 heterocycles. The number of hydrogen-bond donors (Lipinski definition) is 2. The molecular formula is C13H21ClN2O. The molecule has 4 heteroatoms. The minimum Gasteiger partial charge on any atom is -0.397 e. The van der Waals surface area contributed by atoms with Crippen LogP contribution in [0.2, 0.25) is 0 Å². The molecule has 0 saturated heterocycles. The van der Waals surface area contributed by atoms with Gasteiger partial charge in [0.2, 0.25) is 5.91 Å². The summed E-state index contributed by atoms with van der Waals surface area (Å²) in [6, 6.07) is 7.32. The van der Waals surface area contributed by atoms with E-state index in [4.69, 9.17) is 5.73 Å². The second-order valence-corrected chi connectivity index (χ2v) is 4.02. The zero-order chi connectivity index (χ0) is 12.0. The number of nitrogens with one attached hydrogen (secondary N) is 1. The van der Waals surface area contributed by atoms with Crippen LogP contribution in [0, 0.1) is 5.92 Å². The maximum absolute atomic E-state index is 11.7. The van der Waals surface area contributed by atoms with E-state index in [1.165, 1.54) is 0 Å². The molecule has 0 atom stereocenters. The van der Waals surface area contributed by atoms with Crippen LogP contribution >= 0.6 is 12.4 Å². The van der Waals surface area contributed by atoms with Crippen molar-refractivity contribution in [1.82, 2.24) is 0 Å². The quantitative estimate of drug-likeness (QED) is 0.793. The predicted octanol–water partition coefficient (Wildman–Crippen LogP) is 3.46. The molecule has 0 aliphatic carbocycles. The summed E-state index contributed by atoms with van der Waals surface area (Å²) >= 11 is 0. The van der Waals surface area contributed by atoms with Gasteiger partial charge in [-0.05, 0) is 18.1 Å². The van der Waals surface area contributed by atoms with Crippen LogP contribution in [0.5, 0.6) is 0 Å². The topological polar surface area (TPSA) is 55.1 Å². The molecule has 0 radical (unpaired) electrons. The lowest BCUT2D eigenvalue weighted by Crippen LogP contribution is -2.16. The molecule has 0 bridgehead atoms. The number of anilines is 2. The zero-order valence-electron chi connectivity index (χ0n) is 10.4. The van der Waals surface area contributed by atoms with Gasteiger partial charge < -0.3 is 11.1 Å². The van der Waals surface area contributed by atoms with E-state index in [1.54, 1.807) is 6.07 Å². The van der Waals surface area contributed by atoms with Crippen molar-refractivity contribution in [1.29, 1.82) is 0 Å². The summed E-state index contributed by atoms with van der Waals surface area (Å²) in [5.41, 5.74) is 7.07. The van der Waals surface area contributed by atoms with Crippen LogP contribution in [-0.4, -0.2) is 5.91 Å². The van der Waals surface area contributed by atoms with Gasteiger partial charge in [-0.3, -0.25) is 4.79 Å². The van der Waals surface area contributed by atoms with Crippen molar-refractivity contribution in [3.8, 4) is 0 Å². The van der Waals surface area contributed by atoms with Crippen LogP contribution < -0.4 is 11.1 Å². The van der Waals surface area contributed by atoms with E-state index in [9.17, 15) is 4.79 Å². The number of hydrogen-bond acceptors (Lipinski definition) is 2. The minimum atomic E-state index is 0. The Kier molecular flexibility index (Phi) is 7.39. The van der Waals surface area contributed by atoms with Crippen LogP contribution in [0.3, 0.4) is 0 Å². The largest absolute Gasteiger partial charge is 0.397 e. The van der Waals surface area contributed by atoms with Gasteiger partial charge in [0.25, 0.3) is 0 Å². The fourth-order valence-electron chi connectivity index (χ4n) is 1.65. The van der Waals surface area contributed by atoms with E-state index in [-0.39, 0.29) is 18.3 Å². The van der Waals surface area contributed by atoms with Gasteiger partial charge in [-0.15, -0.1) is 12.4 Å². The van der Waals surface area contributed by atoms with Crippen molar-refractivity contribution in [3.05, 3.63) is 24.3 Å². The Morgan fingerprint density at radius 1 is 1.29 bits per heavy atom. The van der Waals surface area contributed by atoms with Crippen LogP contribution in [-0.2, 0) is 4.79 Å². The molecule has 0 saturated carbocycles. The van der Waals surface area contributed by atoms with Crippen LogP contribution in [0.4, 0.5) is 11.4 Å². The third kappa shape index (κ3) is 5.09. The standard InChI is InChI=1S/C13H20N2O.ClH/c1-3-10(4-2)9-13(16)15-12-8-6-5-7-11(12)14;/h5-8,10H,3-4,9,14H2,1-2H3,(H,15,16);1H. The molecule has 96 valence electrons. The summed E-state index contributed by atoms with van der Waals surface area (Å²) in [4.78, 5) is 11.7. The van der Waals surface area contributed by atoms with E-state index in [1.807, 2.05) is 18.2 Å². The number of nitrogen functional groups attached to an aromatic ring is 1. The normalized spacial score (nSPS) is 9.82. The molecule has 3 N–H and O–H groups in total. The highest BCUT2D eigenvalue weighted by Crippen LogP contribution is 2.19. The van der Waals surface area contributed by atoms with E-state index in [0.717, 1.165) is 12.8 Å². The molecule has 0 spiro atoms. The Balaban J connectivity index is 0.00000256. The first kappa shape index (κ1) is 15.8. The van der Waals surface area contributed by atoms with Crippen molar-refractivity contribution < 1.29 is 4.79 Å². The number of carbonyl (C=O) groups excluding carboxylic acids is 1. The van der Waals surface area contributed by atoms with E-state index < -0.39 is 0 Å². The second kappa shape index (κ2) is 7.96. The molecule has 3 nitrogen and oxygen atoms in total. The number of rotatable bonds is 5. The van der Waals surface area contributed by atoms with Gasteiger partial charge in [0.05, 0.1) is 11.4 Å². The van der Waals surface area contributed by atoms with Gasteiger partial charge in [-0.25, -0.2) is 0 Å². The average molecular weight is 257 g/mol. The van der Waals surface area contributed by atoms with Gasteiger partial charge >= 0.3 is 0 Å². The molecule has 1 amide bonds. The smallest absolute Gasteiger partial charge is 0.224 e. The van der Waals surface area contributed by atoms with Crippen LogP contribution in [0.1, 0.15) is 33.1 Å². The predicted molar refractivity (Wildman–Crippen MR) is 75.4 cm³/mol. The van der Waals surface area contributed by atoms with Gasteiger partial charge in [-0.1, -0.05) is 38.8 Å². The summed E-state index contributed by atoms with van der Waals surface area (Å²) in [7, 11) is 0. The van der Waals surface area contributed by atoms with Crippen molar-refractivity contribution in [3.63, 3.8) is 0 Å². The number of amides is 1. The number of carbonyl (C=O) groups is 1. The number of para-hydroxylation sites is 2. The second-order valence-electron chi connectivity index (χ2n) is 4.02. The monoisotopic (exact) mass is 256 g/mol. The van der Waals surface area contributed by atoms with Gasteiger partial charge in [0, 0.05) is 6.42 Å². The first-order valence-electron chi connectivity index (χ1n) is 5.81. The van der Waals surface area contributed by atoms with Gasteiger partial charge in [0.15, 0.2) is 0 Å². The summed E-state index contributed by atoms with van der Waals surface area (Å²) in [5, 5.41) is 2.85. The molecule has 1 aromatic carbocycles. The molecular weight excluding hydrogens is 236 g/mol. The number of benzene rings is 1. The molecule has 0 aliphatic heterocycles. The molecule has 0 fully saturated rings. The Bertz CT molecular complexity index is 351. The van der Waals surface area contributed by atoms with Crippen molar-refractivity contribution in [2.45, 2.75) is 33.1 Å². The fourth-order valence-corrected chi connectivity index (χ4v) is 1.65. The third-order valence-electron chi connectivity index (χ3n) is 2.86. The van der Waals surface area contributed by atoms with Crippen molar-refractivity contribution in [2.75, 3.05) is 11.1 Å². The lowest BCUT2D eigenvalue weighted by Gasteiger charge is -2.12. The van der Waals surface area contributed by atoms with E-state index in [0.29, 0.717) is 23.7 Å². The molecule has 1 rings (SSSR count). The Morgan fingerprint density at radius 2 is 1.88 bits per heavy atom. The van der Waals surface area contributed by atoms with Crippen LogP contribution in [0.25, 0.3) is 0 Å². The molecule has 0 unspecified atom stereocenters. The average Bonchev–Trinajstić information content (AvgIpc) is 2.29. The SMILES string of the molecule is CCC(CC)CC(=O)Nc1ccccc1N.Cl. The summed E-state index contributed by atoms with van der Waals surface area (Å²) < 4.78 is 0. The maximum atomic E-state index is 11.7. The highest BCUT2D eigenvalue weighted by molar-refractivity contribution is 5.93. The molecule has 1 aromatic rings. The third-order valence-corrected chi connectivity index (χ3v) is 2.86. The van der Waals surface area contributed by atoms with Crippen molar-refractivity contribution in [2.24, 2.45) is 5.92 Å². The van der Waals surface area contributed by atoms with Crippen LogP contribution in [0.15, 0.2) is 24.3 Å². The highest BCUT2D eigenvalue weighted by Gasteiger charge is 2.10.